The van der Waals surface area contributed by atoms with E-state index < -0.39 is 17.4 Å². The molecule has 3 N–H and O–H groups in total. The first-order valence-corrected chi connectivity index (χ1v) is 8.26. The highest BCUT2D eigenvalue weighted by atomic mass is 16.4. The number of aliphatic hydroxyl groups is 1. The fourth-order valence-electron chi connectivity index (χ4n) is 2.99. The molecule has 2 amide bonds. The van der Waals surface area contributed by atoms with Crippen molar-refractivity contribution in [2.75, 3.05) is 6.54 Å². The number of rotatable bonds is 4. The topological polar surface area (TPSA) is 91.6 Å². The van der Waals surface area contributed by atoms with Gasteiger partial charge in [-0.2, -0.15) is 0 Å². The van der Waals surface area contributed by atoms with E-state index in [0.717, 1.165) is 31.1 Å². The molecule has 6 nitrogen and oxygen atoms in total. The molecule has 1 fully saturated rings. The zero-order chi connectivity index (χ0) is 17.2. The van der Waals surface area contributed by atoms with Crippen molar-refractivity contribution >= 4 is 22.8 Å². The number of carbonyl (C=O) groups is 2. The molecule has 1 aliphatic carbocycles. The summed E-state index contributed by atoms with van der Waals surface area (Å²) in [5.74, 6) is -1.04. The minimum absolute atomic E-state index is 0.0825. The third-order valence-electron chi connectivity index (χ3n) is 4.45. The number of furan rings is 1. The molecule has 1 aliphatic rings. The van der Waals surface area contributed by atoms with E-state index in [4.69, 9.17) is 4.42 Å². The maximum Gasteiger partial charge on any atom is 0.309 e. The predicted molar refractivity (Wildman–Crippen MR) is 89.2 cm³/mol. The van der Waals surface area contributed by atoms with E-state index in [1.165, 1.54) is 0 Å². The van der Waals surface area contributed by atoms with Crippen LogP contribution >= 0.6 is 0 Å². The molecule has 0 radical (unpaired) electrons. The molecule has 0 aliphatic heterocycles. The highest BCUT2D eigenvalue weighted by Gasteiger charge is 2.29. The lowest BCUT2D eigenvalue weighted by Crippen LogP contribution is -2.47. The Morgan fingerprint density at radius 2 is 1.96 bits per heavy atom. The summed E-state index contributed by atoms with van der Waals surface area (Å²) in [4.78, 5) is 23.8. The smallest absolute Gasteiger partial charge is 0.309 e. The lowest BCUT2D eigenvalue weighted by atomic mass is 10.0. The van der Waals surface area contributed by atoms with Gasteiger partial charge in [-0.05, 0) is 31.9 Å². The van der Waals surface area contributed by atoms with Crippen LogP contribution in [0, 0.1) is 0 Å². The summed E-state index contributed by atoms with van der Waals surface area (Å²) in [6, 6.07) is 9.23. The van der Waals surface area contributed by atoms with Gasteiger partial charge in [-0.25, -0.2) is 0 Å². The van der Waals surface area contributed by atoms with Crippen LogP contribution < -0.4 is 10.6 Å². The van der Waals surface area contributed by atoms with Gasteiger partial charge in [0.25, 0.3) is 0 Å². The average molecular weight is 330 g/mol. The molecule has 0 bridgehead atoms. The van der Waals surface area contributed by atoms with Crippen LogP contribution in [0.2, 0.25) is 0 Å². The van der Waals surface area contributed by atoms with E-state index in [1.54, 1.807) is 13.0 Å². The summed E-state index contributed by atoms with van der Waals surface area (Å²) in [5, 5.41) is 16.6. The second-order valence-corrected chi connectivity index (χ2v) is 6.56. The number of hydrogen-bond acceptors (Lipinski definition) is 4. The van der Waals surface area contributed by atoms with Gasteiger partial charge in [0.05, 0.1) is 6.54 Å². The van der Waals surface area contributed by atoms with Gasteiger partial charge < -0.3 is 20.2 Å². The second-order valence-electron chi connectivity index (χ2n) is 6.56. The lowest BCUT2D eigenvalue weighted by Gasteiger charge is -2.21. The highest BCUT2D eigenvalue weighted by Crippen LogP contribution is 2.27. The minimum Gasteiger partial charge on any atom is -0.458 e. The summed E-state index contributed by atoms with van der Waals surface area (Å²) in [7, 11) is 0. The van der Waals surface area contributed by atoms with E-state index in [0.29, 0.717) is 11.3 Å². The number of benzene rings is 1. The molecule has 0 saturated heterocycles. The Labute approximate surface area is 140 Å². The molecular formula is C18H22N2O4. The number of para-hydroxylation sites is 1. The first-order valence-electron chi connectivity index (χ1n) is 8.26. The van der Waals surface area contributed by atoms with Gasteiger partial charge in [-0.15, -0.1) is 0 Å². The maximum absolute atomic E-state index is 11.9. The van der Waals surface area contributed by atoms with Crippen LogP contribution in [0.4, 0.5) is 0 Å². The van der Waals surface area contributed by atoms with Crippen LogP contribution in [0.5, 0.6) is 0 Å². The lowest BCUT2D eigenvalue weighted by molar-refractivity contribution is -0.140. The molecule has 1 atom stereocenters. The van der Waals surface area contributed by atoms with Crippen molar-refractivity contribution in [2.45, 2.75) is 44.2 Å². The molecule has 24 heavy (non-hydrogen) atoms. The molecule has 6 heteroatoms. The van der Waals surface area contributed by atoms with Gasteiger partial charge in [-0.3, -0.25) is 9.59 Å². The molecule has 1 saturated carbocycles. The average Bonchev–Trinajstić information content (AvgIpc) is 3.21. The predicted octanol–water partition coefficient (Wildman–Crippen LogP) is 1.82. The van der Waals surface area contributed by atoms with E-state index >= 15 is 0 Å². The van der Waals surface area contributed by atoms with E-state index in [1.807, 2.05) is 24.3 Å². The molecule has 2 aromatic rings. The Bertz CT molecular complexity index is 711. The number of carbonyl (C=O) groups excluding carboxylic acids is 2. The molecule has 3 rings (SSSR count). The fraction of sp³-hybridized carbons (Fsp3) is 0.444. The fourth-order valence-corrected chi connectivity index (χ4v) is 2.99. The van der Waals surface area contributed by atoms with Gasteiger partial charge in [0.15, 0.2) is 0 Å². The summed E-state index contributed by atoms with van der Waals surface area (Å²) in [5.41, 5.74) is -0.736. The van der Waals surface area contributed by atoms with Crippen molar-refractivity contribution in [3.63, 3.8) is 0 Å². The van der Waals surface area contributed by atoms with Crippen LogP contribution in [0.3, 0.4) is 0 Å². The van der Waals surface area contributed by atoms with Crippen molar-refractivity contribution in [3.8, 4) is 0 Å². The Kier molecular flexibility index (Phi) is 4.57. The quantitative estimate of drug-likeness (QED) is 0.746. The zero-order valence-electron chi connectivity index (χ0n) is 13.7. The summed E-state index contributed by atoms with van der Waals surface area (Å²) < 4.78 is 5.63. The van der Waals surface area contributed by atoms with Crippen molar-refractivity contribution in [1.82, 2.24) is 10.6 Å². The van der Waals surface area contributed by atoms with Gasteiger partial charge in [-0.1, -0.05) is 31.0 Å². The molecule has 1 aromatic heterocycles. The number of nitrogens with one attached hydrogen (secondary N) is 2. The van der Waals surface area contributed by atoms with Crippen molar-refractivity contribution < 1.29 is 19.1 Å². The van der Waals surface area contributed by atoms with Gasteiger partial charge in [0, 0.05) is 11.4 Å². The third kappa shape index (κ3) is 3.59. The Balaban J connectivity index is 1.59. The molecule has 0 spiro atoms. The maximum atomic E-state index is 11.9. The Hall–Kier alpha value is -2.34. The summed E-state index contributed by atoms with van der Waals surface area (Å²) in [6.07, 6.45) is 3.98. The molecular weight excluding hydrogens is 308 g/mol. The number of amides is 2. The highest BCUT2D eigenvalue weighted by molar-refractivity contribution is 6.35. The van der Waals surface area contributed by atoms with Crippen LogP contribution in [0.15, 0.2) is 34.7 Å². The summed E-state index contributed by atoms with van der Waals surface area (Å²) >= 11 is 0. The largest absolute Gasteiger partial charge is 0.458 e. The zero-order valence-corrected chi connectivity index (χ0v) is 13.7. The monoisotopic (exact) mass is 330 g/mol. The van der Waals surface area contributed by atoms with E-state index in [2.05, 4.69) is 10.6 Å². The SMILES string of the molecule is C[C@](O)(CNC(=O)C(=O)NC1CCCC1)c1cc2ccccc2o1. The Morgan fingerprint density at radius 1 is 1.25 bits per heavy atom. The normalized spacial score (nSPS) is 17.6. The molecule has 1 aromatic carbocycles. The van der Waals surface area contributed by atoms with E-state index in [9.17, 15) is 14.7 Å². The van der Waals surface area contributed by atoms with Crippen LogP contribution in [0.25, 0.3) is 11.0 Å². The summed E-state index contributed by atoms with van der Waals surface area (Å²) in [6.45, 7) is 1.43. The van der Waals surface area contributed by atoms with E-state index in [-0.39, 0.29) is 12.6 Å². The Morgan fingerprint density at radius 3 is 2.67 bits per heavy atom. The standard InChI is InChI=1S/C18H22N2O4/c1-18(23,15-10-12-6-2-5-9-14(12)24-15)11-19-16(21)17(22)20-13-7-3-4-8-13/h2,5-6,9-10,13,23H,3-4,7-8,11H2,1H3,(H,19,21)(H,20,22)/t18-/m0/s1. The van der Waals surface area contributed by atoms with Crippen LogP contribution in [0.1, 0.15) is 38.4 Å². The molecule has 0 unspecified atom stereocenters. The molecule has 128 valence electrons. The van der Waals surface area contributed by atoms with Crippen molar-refractivity contribution in [1.29, 1.82) is 0 Å². The van der Waals surface area contributed by atoms with Gasteiger partial charge in [0.1, 0.15) is 16.9 Å². The second kappa shape index (κ2) is 6.65. The van der Waals surface area contributed by atoms with Crippen molar-refractivity contribution in [3.05, 3.63) is 36.1 Å². The number of fused-ring (bicyclic) bond motifs is 1. The minimum atomic E-state index is -1.40. The third-order valence-corrected chi connectivity index (χ3v) is 4.45. The first-order chi connectivity index (χ1) is 11.5. The van der Waals surface area contributed by atoms with Gasteiger partial charge in [0.2, 0.25) is 0 Å². The first kappa shape index (κ1) is 16.5. The number of hydrogen-bond donors (Lipinski definition) is 3. The van der Waals surface area contributed by atoms with Crippen LogP contribution in [-0.2, 0) is 15.2 Å². The van der Waals surface area contributed by atoms with Gasteiger partial charge >= 0.3 is 11.8 Å². The molecule has 1 heterocycles. The van der Waals surface area contributed by atoms with Crippen LogP contribution in [-0.4, -0.2) is 29.5 Å². The van der Waals surface area contributed by atoms with Crippen molar-refractivity contribution in [2.24, 2.45) is 0 Å².